The fourth-order valence-electron chi connectivity index (χ4n) is 2.35. The van der Waals surface area contributed by atoms with E-state index in [1.165, 1.54) is 0 Å². The van der Waals surface area contributed by atoms with Crippen molar-refractivity contribution in [1.82, 2.24) is 30.4 Å². The van der Waals surface area contributed by atoms with Gasteiger partial charge >= 0.3 is 0 Å². The zero-order valence-corrected chi connectivity index (χ0v) is 14.7. The molecule has 0 saturated heterocycles. The van der Waals surface area contributed by atoms with Gasteiger partial charge in [0.15, 0.2) is 0 Å². The van der Waals surface area contributed by atoms with Crippen molar-refractivity contribution in [3.8, 4) is 0 Å². The van der Waals surface area contributed by atoms with Gasteiger partial charge in [-0.3, -0.25) is 20.4 Å². The van der Waals surface area contributed by atoms with Gasteiger partial charge in [-0.2, -0.15) is 0 Å². The molecular formula is C15H15BrN6O2. The van der Waals surface area contributed by atoms with Crippen molar-refractivity contribution < 1.29 is 9.59 Å². The highest BCUT2D eigenvalue weighted by Crippen LogP contribution is 2.14. The van der Waals surface area contributed by atoms with Crippen molar-refractivity contribution in [3.63, 3.8) is 0 Å². The van der Waals surface area contributed by atoms with Crippen LogP contribution in [0.3, 0.4) is 0 Å². The Labute approximate surface area is 145 Å². The predicted octanol–water partition coefficient (Wildman–Crippen LogP) is 1.63. The topological polar surface area (TPSA) is 93.8 Å². The Bertz CT molecular complexity index is 929. The molecule has 0 saturated carbocycles. The molecule has 0 spiro atoms. The molecule has 0 bridgehead atoms. The first kappa shape index (κ1) is 16.2. The predicted molar refractivity (Wildman–Crippen MR) is 91.2 cm³/mol. The van der Waals surface area contributed by atoms with Crippen LogP contribution in [0.15, 0.2) is 34.9 Å². The highest BCUT2D eigenvalue weighted by molar-refractivity contribution is 9.10. The molecule has 0 atom stereocenters. The normalized spacial score (nSPS) is 10.8. The standard InChI is InChI=1S/C15H15BrN6O2/c1-3-22-12-5-4-9(6-11(12)17-20-22)14(23)18-19-15(24)13-7-10(16)8-21(13)2/h4-8H,3H2,1-2H3,(H,18,23)(H,19,24). The molecule has 2 amide bonds. The van der Waals surface area contributed by atoms with Gasteiger partial charge in [0.2, 0.25) is 0 Å². The summed E-state index contributed by atoms with van der Waals surface area (Å²) in [7, 11) is 1.74. The van der Waals surface area contributed by atoms with Gasteiger partial charge < -0.3 is 4.57 Å². The summed E-state index contributed by atoms with van der Waals surface area (Å²) < 4.78 is 4.18. The van der Waals surface area contributed by atoms with Crippen LogP contribution in [-0.2, 0) is 13.6 Å². The van der Waals surface area contributed by atoms with E-state index in [0.29, 0.717) is 23.3 Å². The molecule has 2 N–H and O–H groups in total. The van der Waals surface area contributed by atoms with E-state index in [1.807, 2.05) is 6.92 Å². The minimum Gasteiger partial charge on any atom is -0.345 e. The van der Waals surface area contributed by atoms with Gasteiger partial charge in [-0.25, -0.2) is 4.68 Å². The SMILES string of the molecule is CCn1nnc2cc(C(=O)NNC(=O)c3cc(Br)cn3C)ccc21. The Morgan fingerprint density at radius 3 is 2.62 bits per heavy atom. The lowest BCUT2D eigenvalue weighted by molar-refractivity contribution is 0.0842. The van der Waals surface area contributed by atoms with Crippen LogP contribution in [0.1, 0.15) is 27.8 Å². The van der Waals surface area contributed by atoms with E-state index in [4.69, 9.17) is 0 Å². The second kappa shape index (κ2) is 6.44. The average molecular weight is 391 g/mol. The third-order valence-corrected chi connectivity index (χ3v) is 4.00. The minimum atomic E-state index is -0.426. The van der Waals surface area contributed by atoms with Crippen LogP contribution >= 0.6 is 15.9 Å². The van der Waals surface area contributed by atoms with E-state index in [2.05, 4.69) is 37.1 Å². The number of aryl methyl sites for hydroxylation is 2. The molecule has 9 heteroatoms. The smallest absolute Gasteiger partial charge is 0.286 e. The molecule has 0 radical (unpaired) electrons. The number of nitrogens with zero attached hydrogens (tertiary/aromatic N) is 4. The van der Waals surface area contributed by atoms with Crippen LogP contribution in [0, 0.1) is 0 Å². The maximum absolute atomic E-state index is 12.2. The fraction of sp³-hybridized carbons (Fsp3) is 0.200. The van der Waals surface area contributed by atoms with Gasteiger partial charge in [0, 0.05) is 29.8 Å². The van der Waals surface area contributed by atoms with E-state index in [9.17, 15) is 9.59 Å². The van der Waals surface area contributed by atoms with Crippen molar-refractivity contribution in [3.05, 3.63) is 46.2 Å². The number of benzene rings is 1. The summed E-state index contributed by atoms with van der Waals surface area (Å²) >= 11 is 3.30. The van der Waals surface area contributed by atoms with Crippen molar-refractivity contribution in [2.24, 2.45) is 7.05 Å². The van der Waals surface area contributed by atoms with Crippen LogP contribution in [0.2, 0.25) is 0 Å². The monoisotopic (exact) mass is 390 g/mol. The van der Waals surface area contributed by atoms with Crippen LogP contribution in [0.25, 0.3) is 11.0 Å². The van der Waals surface area contributed by atoms with Gasteiger partial charge in [0.05, 0.1) is 5.52 Å². The molecule has 0 aliphatic heterocycles. The number of hydrazine groups is 1. The minimum absolute atomic E-state index is 0.388. The molecular weight excluding hydrogens is 376 g/mol. The number of hydrogen-bond acceptors (Lipinski definition) is 4. The first-order chi connectivity index (χ1) is 11.5. The Morgan fingerprint density at radius 2 is 1.96 bits per heavy atom. The summed E-state index contributed by atoms with van der Waals surface area (Å²) in [4.78, 5) is 24.3. The molecule has 24 heavy (non-hydrogen) atoms. The third kappa shape index (κ3) is 3.02. The molecule has 0 aliphatic carbocycles. The summed E-state index contributed by atoms with van der Waals surface area (Å²) in [6, 6.07) is 6.74. The average Bonchev–Trinajstić information content (AvgIpc) is 3.13. The van der Waals surface area contributed by atoms with E-state index in [0.717, 1.165) is 9.99 Å². The van der Waals surface area contributed by atoms with E-state index in [1.54, 1.807) is 46.8 Å². The van der Waals surface area contributed by atoms with E-state index < -0.39 is 11.8 Å². The Morgan fingerprint density at radius 1 is 1.21 bits per heavy atom. The molecule has 8 nitrogen and oxygen atoms in total. The number of carbonyl (C=O) groups excluding carboxylic acids is 2. The second-order valence-electron chi connectivity index (χ2n) is 5.17. The summed E-state index contributed by atoms with van der Waals surface area (Å²) in [5.41, 5.74) is 7.08. The Kier molecular flexibility index (Phi) is 4.34. The third-order valence-electron chi connectivity index (χ3n) is 3.57. The molecule has 0 unspecified atom stereocenters. The number of carbonyl (C=O) groups is 2. The molecule has 1 aromatic carbocycles. The summed E-state index contributed by atoms with van der Waals surface area (Å²) in [5.74, 6) is -0.834. The van der Waals surface area contributed by atoms with Crippen LogP contribution < -0.4 is 10.9 Å². The second-order valence-corrected chi connectivity index (χ2v) is 6.09. The van der Waals surface area contributed by atoms with Gasteiger partial charge in [-0.15, -0.1) is 5.10 Å². The number of rotatable bonds is 3. The van der Waals surface area contributed by atoms with Gasteiger partial charge in [-0.05, 0) is 47.1 Å². The number of halogens is 1. The van der Waals surface area contributed by atoms with Crippen molar-refractivity contribution in [2.75, 3.05) is 0 Å². The zero-order chi connectivity index (χ0) is 17.3. The van der Waals surface area contributed by atoms with Crippen LogP contribution in [-0.4, -0.2) is 31.4 Å². The maximum Gasteiger partial charge on any atom is 0.286 e. The molecule has 0 fully saturated rings. The Balaban J connectivity index is 1.71. The van der Waals surface area contributed by atoms with Gasteiger partial charge in [0.25, 0.3) is 11.8 Å². The quantitative estimate of drug-likeness (QED) is 0.664. The summed E-state index contributed by atoms with van der Waals surface area (Å²) in [6.07, 6.45) is 1.75. The fourth-order valence-corrected chi connectivity index (χ4v) is 2.87. The van der Waals surface area contributed by atoms with Crippen molar-refractivity contribution in [2.45, 2.75) is 13.5 Å². The molecule has 124 valence electrons. The molecule has 2 aromatic heterocycles. The molecule has 0 aliphatic rings. The first-order valence-electron chi connectivity index (χ1n) is 7.25. The van der Waals surface area contributed by atoms with E-state index in [-0.39, 0.29) is 0 Å². The maximum atomic E-state index is 12.2. The summed E-state index contributed by atoms with van der Waals surface area (Å²) in [5, 5.41) is 8.02. The highest BCUT2D eigenvalue weighted by atomic mass is 79.9. The van der Waals surface area contributed by atoms with Crippen molar-refractivity contribution in [1.29, 1.82) is 0 Å². The Hall–Kier alpha value is -2.68. The highest BCUT2D eigenvalue weighted by Gasteiger charge is 2.14. The molecule has 2 heterocycles. The lowest BCUT2D eigenvalue weighted by atomic mass is 10.2. The largest absolute Gasteiger partial charge is 0.345 e. The number of hydrogen-bond donors (Lipinski definition) is 2. The first-order valence-corrected chi connectivity index (χ1v) is 8.04. The lowest BCUT2D eigenvalue weighted by Crippen LogP contribution is -2.42. The van der Waals surface area contributed by atoms with Crippen LogP contribution in [0.5, 0.6) is 0 Å². The van der Waals surface area contributed by atoms with Gasteiger partial charge in [0.1, 0.15) is 11.2 Å². The van der Waals surface area contributed by atoms with Crippen molar-refractivity contribution >= 4 is 38.8 Å². The zero-order valence-electron chi connectivity index (χ0n) is 13.1. The van der Waals surface area contributed by atoms with Crippen LogP contribution in [0.4, 0.5) is 0 Å². The number of aromatic nitrogens is 4. The van der Waals surface area contributed by atoms with Gasteiger partial charge in [-0.1, -0.05) is 5.21 Å². The lowest BCUT2D eigenvalue weighted by Gasteiger charge is -2.08. The molecule has 3 rings (SSSR count). The van der Waals surface area contributed by atoms with E-state index >= 15 is 0 Å². The number of fused-ring (bicyclic) bond motifs is 1. The summed E-state index contributed by atoms with van der Waals surface area (Å²) in [6.45, 7) is 2.66. The number of nitrogens with one attached hydrogen (secondary N) is 2. The molecule has 3 aromatic rings. The number of amides is 2.